The van der Waals surface area contributed by atoms with Crippen LogP contribution in [0.25, 0.3) is 0 Å². The number of carbonyl (C=O) groups excluding carboxylic acids is 4. The van der Waals surface area contributed by atoms with Gasteiger partial charge in [-0.25, -0.2) is 9.59 Å². The fraction of sp³-hybridized carbons (Fsp3) is 0.120. The van der Waals surface area contributed by atoms with Gasteiger partial charge in [-0.1, -0.05) is 17.7 Å². The van der Waals surface area contributed by atoms with Crippen molar-refractivity contribution in [2.24, 2.45) is 0 Å². The molecule has 0 saturated carbocycles. The van der Waals surface area contributed by atoms with Crippen LogP contribution in [-0.4, -0.2) is 23.8 Å². The number of benzene rings is 3. The quantitative estimate of drug-likeness (QED) is 0.441. The van der Waals surface area contributed by atoms with Crippen LogP contribution in [0.15, 0.2) is 72.8 Å². The van der Waals surface area contributed by atoms with E-state index in [-0.39, 0.29) is 11.3 Å². The standard InChI is InChI=1S/C25H21NO6/c1-16-4-6-19(7-5-16)24(29)31-22-12-14-23(15-13-22)32-25(30)20-8-10-21(11-9-20)26(17(2)27)18(3)28/h4-15H,1-3H3. The molecule has 7 nitrogen and oxygen atoms in total. The molecule has 0 aromatic heterocycles. The third kappa shape index (κ3) is 5.46. The number of esters is 2. The molecule has 3 aromatic rings. The molecule has 0 fully saturated rings. The zero-order chi connectivity index (χ0) is 23.3. The van der Waals surface area contributed by atoms with Crippen LogP contribution in [0, 0.1) is 6.92 Å². The first kappa shape index (κ1) is 22.4. The van der Waals surface area contributed by atoms with Crippen LogP contribution < -0.4 is 14.4 Å². The van der Waals surface area contributed by atoms with Gasteiger partial charge in [-0.3, -0.25) is 14.5 Å². The fourth-order valence-electron chi connectivity index (χ4n) is 2.93. The molecule has 0 N–H and O–H groups in total. The fourth-order valence-corrected chi connectivity index (χ4v) is 2.93. The first-order valence-corrected chi connectivity index (χ1v) is 9.77. The van der Waals surface area contributed by atoms with Crippen molar-refractivity contribution >= 4 is 29.4 Å². The highest BCUT2D eigenvalue weighted by molar-refractivity contribution is 6.13. The van der Waals surface area contributed by atoms with E-state index in [0.717, 1.165) is 10.5 Å². The minimum atomic E-state index is -0.613. The van der Waals surface area contributed by atoms with Crippen molar-refractivity contribution in [2.75, 3.05) is 4.90 Å². The minimum absolute atomic E-state index is 0.246. The lowest BCUT2D eigenvalue weighted by atomic mass is 10.1. The summed E-state index contributed by atoms with van der Waals surface area (Å²) in [5, 5.41) is 0. The Balaban J connectivity index is 1.63. The molecule has 0 atom stereocenters. The Morgan fingerprint density at radius 2 is 0.969 bits per heavy atom. The molecule has 0 heterocycles. The van der Waals surface area contributed by atoms with Gasteiger partial charge in [0.2, 0.25) is 11.8 Å². The molecule has 0 unspecified atom stereocenters. The largest absolute Gasteiger partial charge is 0.423 e. The first-order valence-electron chi connectivity index (χ1n) is 9.77. The molecule has 0 saturated heterocycles. The topological polar surface area (TPSA) is 90.0 Å². The van der Waals surface area contributed by atoms with E-state index in [1.807, 2.05) is 19.1 Å². The average Bonchev–Trinajstić information content (AvgIpc) is 2.75. The predicted molar refractivity (Wildman–Crippen MR) is 118 cm³/mol. The van der Waals surface area contributed by atoms with E-state index in [4.69, 9.17) is 9.47 Å². The number of aryl methyl sites for hydroxylation is 1. The van der Waals surface area contributed by atoms with Crippen LogP contribution in [0.3, 0.4) is 0 Å². The summed E-state index contributed by atoms with van der Waals surface area (Å²) >= 11 is 0. The molecule has 7 heteroatoms. The molecule has 2 amide bonds. The van der Waals surface area contributed by atoms with Gasteiger partial charge in [-0.05, 0) is 67.6 Å². The van der Waals surface area contributed by atoms with Crippen LogP contribution >= 0.6 is 0 Å². The molecule has 0 aliphatic heterocycles. The van der Waals surface area contributed by atoms with Gasteiger partial charge in [-0.2, -0.15) is 0 Å². The second-order valence-corrected chi connectivity index (χ2v) is 7.04. The van der Waals surface area contributed by atoms with Crippen LogP contribution in [0.1, 0.15) is 40.1 Å². The highest BCUT2D eigenvalue weighted by Gasteiger charge is 2.17. The summed E-state index contributed by atoms with van der Waals surface area (Å²) in [5.41, 5.74) is 2.08. The van der Waals surface area contributed by atoms with Gasteiger partial charge in [-0.15, -0.1) is 0 Å². The number of carbonyl (C=O) groups is 4. The van der Waals surface area contributed by atoms with Gasteiger partial charge in [0, 0.05) is 13.8 Å². The number of amides is 2. The van der Waals surface area contributed by atoms with Crippen LogP contribution in [-0.2, 0) is 9.59 Å². The molecule has 3 aromatic carbocycles. The summed E-state index contributed by atoms with van der Waals surface area (Å²) in [7, 11) is 0. The first-order chi connectivity index (χ1) is 15.2. The van der Waals surface area contributed by atoms with E-state index in [1.54, 1.807) is 12.1 Å². The number of hydrogen-bond acceptors (Lipinski definition) is 6. The number of rotatable bonds is 5. The monoisotopic (exact) mass is 431 g/mol. The van der Waals surface area contributed by atoms with Gasteiger partial charge in [0.1, 0.15) is 11.5 Å². The average molecular weight is 431 g/mol. The van der Waals surface area contributed by atoms with Crippen molar-refractivity contribution in [3.05, 3.63) is 89.5 Å². The van der Waals surface area contributed by atoms with E-state index in [9.17, 15) is 19.2 Å². The zero-order valence-corrected chi connectivity index (χ0v) is 17.8. The highest BCUT2D eigenvalue weighted by Crippen LogP contribution is 2.21. The summed E-state index contributed by atoms with van der Waals surface area (Å²) in [6.45, 7) is 4.49. The molecular formula is C25H21NO6. The second kappa shape index (κ2) is 9.70. The Labute approximate surface area is 185 Å². The Kier molecular flexibility index (Phi) is 6.80. The zero-order valence-electron chi connectivity index (χ0n) is 17.8. The maximum Gasteiger partial charge on any atom is 0.343 e. The minimum Gasteiger partial charge on any atom is -0.423 e. The predicted octanol–water partition coefficient (Wildman–Crippen LogP) is 4.33. The molecule has 0 bridgehead atoms. The molecule has 0 aliphatic rings. The smallest absolute Gasteiger partial charge is 0.343 e. The number of anilines is 1. The summed E-state index contributed by atoms with van der Waals surface area (Å²) in [4.78, 5) is 48.8. The maximum atomic E-state index is 12.4. The molecule has 32 heavy (non-hydrogen) atoms. The van der Waals surface area contributed by atoms with Crippen LogP contribution in [0.2, 0.25) is 0 Å². The Bertz CT molecular complexity index is 1130. The lowest BCUT2D eigenvalue weighted by Crippen LogP contribution is -2.33. The molecule has 162 valence electrons. The van der Waals surface area contributed by atoms with Crippen molar-refractivity contribution in [1.29, 1.82) is 0 Å². The van der Waals surface area contributed by atoms with Crippen molar-refractivity contribution in [1.82, 2.24) is 0 Å². The molecule has 0 aliphatic carbocycles. The lowest BCUT2D eigenvalue weighted by Gasteiger charge is -2.17. The third-order valence-electron chi connectivity index (χ3n) is 4.52. The van der Waals surface area contributed by atoms with Crippen LogP contribution in [0.4, 0.5) is 5.69 Å². The Hall–Kier alpha value is -4.26. The number of nitrogens with zero attached hydrogens (tertiary/aromatic N) is 1. The number of ether oxygens (including phenoxy) is 2. The maximum absolute atomic E-state index is 12.4. The van der Waals surface area contributed by atoms with Crippen molar-refractivity contribution in [2.45, 2.75) is 20.8 Å². The number of hydrogen-bond donors (Lipinski definition) is 0. The SMILES string of the molecule is CC(=O)N(C(C)=O)c1ccc(C(=O)Oc2ccc(OC(=O)c3ccc(C)cc3)cc2)cc1. The van der Waals surface area contributed by atoms with Crippen molar-refractivity contribution < 1.29 is 28.7 Å². The van der Waals surface area contributed by atoms with E-state index in [1.165, 1.54) is 62.4 Å². The summed E-state index contributed by atoms with van der Waals surface area (Å²) < 4.78 is 10.6. The van der Waals surface area contributed by atoms with Crippen molar-refractivity contribution in [3.8, 4) is 11.5 Å². The van der Waals surface area contributed by atoms with E-state index < -0.39 is 23.8 Å². The van der Waals surface area contributed by atoms with Gasteiger partial charge < -0.3 is 9.47 Å². The van der Waals surface area contributed by atoms with Crippen LogP contribution in [0.5, 0.6) is 11.5 Å². The summed E-state index contributed by atoms with van der Waals surface area (Å²) in [6, 6.07) is 19.0. The van der Waals surface area contributed by atoms with Gasteiger partial charge in [0.15, 0.2) is 0 Å². The third-order valence-corrected chi connectivity index (χ3v) is 4.52. The van der Waals surface area contributed by atoms with Gasteiger partial charge in [0.25, 0.3) is 0 Å². The molecular weight excluding hydrogens is 410 g/mol. The lowest BCUT2D eigenvalue weighted by molar-refractivity contribution is -0.124. The molecule has 0 spiro atoms. The summed E-state index contributed by atoms with van der Waals surface area (Å²) in [5.74, 6) is -1.36. The molecule has 0 radical (unpaired) electrons. The summed E-state index contributed by atoms with van der Waals surface area (Å²) in [6.07, 6.45) is 0. The van der Waals surface area contributed by atoms with E-state index >= 15 is 0 Å². The van der Waals surface area contributed by atoms with Crippen molar-refractivity contribution in [3.63, 3.8) is 0 Å². The van der Waals surface area contributed by atoms with Gasteiger partial charge in [0.05, 0.1) is 16.8 Å². The Morgan fingerprint density at radius 3 is 1.34 bits per heavy atom. The number of imide groups is 1. The van der Waals surface area contributed by atoms with Gasteiger partial charge >= 0.3 is 11.9 Å². The highest BCUT2D eigenvalue weighted by atomic mass is 16.5. The normalized spacial score (nSPS) is 10.2. The second-order valence-electron chi connectivity index (χ2n) is 7.04. The van der Waals surface area contributed by atoms with E-state index in [2.05, 4.69) is 0 Å². The Morgan fingerprint density at radius 1 is 0.594 bits per heavy atom. The molecule has 3 rings (SSSR count). The van der Waals surface area contributed by atoms with E-state index in [0.29, 0.717) is 17.0 Å².